The van der Waals surface area contributed by atoms with Crippen LogP contribution in [0.5, 0.6) is 0 Å². The van der Waals surface area contributed by atoms with Gasteiger partial charge in [-0.3, -0.25) is 4.79 Å². The lowest BCUT2D eigenvalue weighted by Crippen LogP contribution is -2.47. The lowest BCUT2D eigenvalue weighted by molar-refractivity contribution is -0.123. The van der Waals surface area contributed by atoms with Crippen molar-refractivity contribution in [2.45, 2.75) is 70.6 Å². The molecule has 4 saturated carbocycles. The van der Waals surface area contributed by atoms with E-state index in [1.165, 1.54) is 44.9 Å². The minimum Gasteiger partial charge on any atom is -0.356 e. The number of rotatable bonds is 7. The Morgan fingerprint density at radius 1 is 1.08 bits per heavy atom. The Morgan fingerprint density at radius 2 is 1.68 bits per heavy atom. The lowest BCUT2D eigenvalue weighted by Gasteiger charge is -2.57. The molecule has 1 amide bonds. The molecule has 0 spiro atoms. The minimum absolute atomic E-state index is 0.0163. The number of benzene rings is 1. The maximum Gasteiger partial charge on any atom is 0.227 e. The van der Waals surface area contributed by atoms with E-state index in [0.29, 0.717) is 5.41 Å². The first kappa shape index (κ1) is 17.1. The van der Waals surface area contributed by atoms with Crippen LogP contribution < -0.4 is 5.32 Å². The van der Waals surface area contributed by atoms with Gasteiger partial charge in [0, 0.05) is 6.54 Å². The van der Waals surface area contributed by atoms with Gasteiger partial charge in [-0.25, -0.2) is 0 Å². The number of carbonyl (C=O) groups excluding carboxylic acids is 1. The van der Waals surface area contributed by atoms with Crippen LogP contribution in [0.1, 0.15) is 76.2 Å². The summed E-state index contributed by atoms with van der Waals surface area (Å²) >= 11 is 0. The Balaban J connectivity index is 1.34. The highest BCUT2D eigenvalue weighted by atomic mass is 16.1. The predicted molar refractivity (Wildman–Crippen MR) is 102 cm³/mol. The molecule has 4 aliphatic rings. The first-order valence-corrected chi connectivity index (χ1v) is 10.5. The molecule has 1 unspecified atom stereocenters. The van der Waals surface area contributed by atoms with Crippen LogP contribution in [0.25, 0.3) is 0 Å². The van der Waals surface area contributed by atoms with Gasteiger partial charge in [0.15, 0.2) is 0 Å². The van der Waals surface area contributed by atoms with Crippen molar-refractivity contribution in [3.63, 3.8) is 0 Å². The maximum atomic E-state index is 12.8. The van der Waals surface area contributed by atoms with Crippen molar-refractivity contribution in [2.24, 2.45) is 23.2 Å². The second kappa shape index (κ2) is 7.13. The number of amides is 1. The van der Waals surface area contributed by atoms with Crippen LogP contribution in [0, 0.1) is 23.2 Å². The average molecular weight is 340 g/mol. The van der Waals surface area contributed by atoms with Gasteiger partial charge in [-0.1, -0.05) is 43.7 Å². The Hall–Kier alpha value is -1.31. The number of carbonyl (C=O) groups is 1. The van der Waals surface area contributed by atoms with Crippen LogP contribution in [-0.2, 0) is 4.79 Å². The van der Waals surface area contributed by atoms with Crippen LogP contribution in [-0.4, -0.2) is 12.5 Å². The van der Waals surface area contributed by atoms with Gasteiger partial charge in [0.2, 0.25) is 5.91 Å². The molecular weight excluding hydrogens is 306 g/mol. The normalized spacial score (nSPS) is 34.0. The Labute approximate surface area is 152 Å². The van der Waals surface area contributed by atoms with Gasteiger partial charge in [0.1, 0.15) is 0 Å². The molecule has 2 heteroatoms. The van der Waals surface area contributed by atoms with Crippen LogP contribution in [0.15, 0.2) is 30.3 Å². The van der Waals surface area contributed by atoms with Crippen LogP contribution in [0.4, 0.5) is 0 Å². The zero-order chi connectivity index (χ0) is 17.3. The highest BCUT2D eigenvalue weighted by Gasteiger charge is 2.50. The molecule has 25 heavy (non-hydrogen) atoms. The Kier molecular flexibility index (Phi) is 4.88. The third-order valence-corrected chi connectivity index (χ3v) is 7.22. The van der Waals surface area contributed by atoms with Gasteiger partial charge >= 0.3 is 0 Å². The Morgan fingerprint density at radius 3 is 2.24 bits per heavy atom. The molecule has 136 valence electrons. The van der Waals surface area contributed by atoms with E-state index in [1.807, 2.05) is 18.2 Å². The predicted octanol–water partition coefficient (Wildman–Crippen LogP) is 5.29. The summed E-state index contributed by atoms with van der Waals surface area (Å²) in [5.74, 6) is 3.25. The molecule has 1 aromatic rings. The molecule has 5 rings (SSSR count). The first-order valence-electron chi connectivity index (χ1n) is 10.5. The first-order chi connectivity index (χ1) is 12.2. The topological polar surface area (TPSA) is 29.1 Å². The molecule has 0 aromatic heterocycles. The van der Waals surface area contributed by atoms with Gasteiger partial charge in [-0.15, -0.1) is 0 Å². The molecular formula is C23H33NO. The SMILES string of the molecule is CCCC(C(=O)NCCC12CC3CC(CC(C3)C1)C2)c1ccccc1. The van der Waals surface area contributed by atoms with Gasteiger partial charge in [-0.05, 0) is 80.1 Å². The molecule has 4 fully saturated rings. The molecule has 2 nitrogen and oxygen atoms in total. The van der Waals surface area contributed by atoms with Crippen molar-refractivity contribution in [2.75, 3.05) is 6.54 Å². The fraction of sp³-hybridized carbons (Fsp3) is 0.696. The average Bonchev–Trinajstić information content (AvgIpc) is 2.59. The summed E-state index contributed by atoms with van der Waals surface area (Å²) in [6, 6.07) is 10.3. The van der Waals surface area contributed by atoms with Crippen molar-refractivity contribution in [1.82, 2.24) is 5.32 Å². The van der Waals surface area contributed by atoms with E-state index in [0.717, 1.165) is 42.7 Å². The fourth-order valence-electron chi connectivity index (χ4n) is 6.59. The van der Waals surface area contributed by atoms with Crippen LogP contribution in [0.3, 0.4) is 0 Å². The maximum absolute atomic E-state index is 12.8. The summed E-state index contributed by atoms with van der Waals surface area (Å²) in [6.07, 6.45) is 12.0. The van der Waals surface area contributed by atoms with E-state index in [-0.39, 0.29) is 11.8 Å². The van der Waals surface area contributed by atoms with Crippen molar-refractivity contribution >= 4 is 5.91 Å². The largest absolute Gasteiger partial charge is 0.356 e. The van der Waals surface area contributed by atoms with Crippen LogP contribution >= 0.6 is 0 Å². The third-order valence-electron chi connectivity index (χ3n) is 7.22. The number of hydrogen-bond acceptors (Lipinski definition) is 1. The summed E-state index contributed by atoms with van der Waals surface area (Å²) < 4.78 is 0. The van der Waals surface area contributed by atoms with Gasteiger partial charge in [-0.2, -0.15) is 0 Å². The van der Waals surface area contributed by atoms with E-state index >= 15 is 0 Å². The van der Waals surface area contributed by atoms with Gasteiger partial charge in [0.25, 0.3) is 0 Å². The van der Waals surface area contributed by atoms with Crippen molar-refractivity contribution < 1.29 is 4.79 Å². The van der Waals surface area contributed by atoms with E-state index in [9.17, 15) is 4.79 Å². The second-order valence-electron chi connectivity index (χ2n) is 9.21. The smallest absolute Gasteiger partial charge is 0.227 e. The summed E-state index contributed by atoms with van der Waals surface area (Å²) in [7, 11) is 0. The summed E-state index contributed by atoms with van der Waals surface area (Å²) in [4.78, 5) is 12.8. The minimum atomic E-state index is 0.0163. The molecule has 4 aliphatic carbocycles. The molecule has 0 radical (unpaired) electrons. The number of nitrogens with one attached hydrogen (secondary N) is 1. The Bertz CT molecular complexity index is 558. The highest BCUT2D eigenvalue weighted by Crippen LogP contribution is 2.61. The molecule has 0 heterocycles. The molecule has 0 aliphatic heterocycles. The molecule has 1 atom stereocenters. The van der Waals surface area contributed by atoms with Crippen molar-refractivity contribution in [3.8, 4) is 0 Å². The lowest BCUT2D eigenvalue weighted by atomic mass is 9.49. The standard InChI is InChI=1S/C23H33NO/c1-2-6-21(20-7-4-3-5-8-20)22(25)24-10-9-23-14-17-11-18(15-23)13-19(12-17)16-23/h3-5,7-8,17-19,21H,2,6,9-16H2,1H3,(H,24,25). The highest BCUT2D eigenvalue weighted by molar-refractivity contribution is 5.83. The van der Waals surface area contributed by atoms with Crippen molar-refractivity contribution in [3.05, 3.63) is 35.9 Å². The number of hydrogen-bond donors (Lipinski definition) is 1. The van der Waals surface area contributed by atoms with Gasteiger partial charge in [0.05, 0.1) is 5.92 Å². The third kappa shape index (κ3) is 3.64. The zero-order valence-electron chi connectivity index (χ0n) is 15.7. The molecule has 4 bridgehead atoms. The van der Waals surface area contributed by atoms with E-state index in [2.05, 4.69) is 24.4 Å². The molecule has 1 aromatic carbocycles. The second-order valence-corrected chi connectivity index (χ2v) is 9.21. The van der Waals surface area contributed by atoms with Gasteiger partial charge < -0.3 is 5.32 Å². The van der Waals surface area contributed by atoms with E-state index in [4.69, 9.17) is 0 Å². The quantitative estimate of drug-likeness (QED) is 0.718. The van der Waals surface area contributed by atoms with Crippen molar-refractivity contribution in [1.29, 1.82) is 0 Å². The monoisotopic (exact) mass is 339 g/mol. The fourth-order valence-corrected chi connectivity index (χ4v) is 6.59. The van der Waals surface area contributed by atoms with Crippen LogP contribution in [0.2, 0.25) is 0 Å². The molecule has 0 saturated heterocycles. The summed E-state index contributed by atoms with van der Waals surface area (Å²) in [5, 5.41) is 3.30. The molecule has 1 N–H and O–H groups in total. The summed E-state index contributed by atoms with van der Waals surface area (Å²) in [5.41, 5.74) is 1.73. The van der Waals surface area contributed by atoms with E-state index < -0.39 is 0 Å². The zero-order valence-corrected chi connectivity index (χ0v) is 15.7. The summed E-state index contributed by atoms with van der Waals surface area (Å²) in [6.45, 7) is 3.04. The van der Waals surface area contributed by atoms with E-state index in [1.54, 1.807) is 0 Å².